The van der Waals surface area contributed by atoms with E-state index in [1.54, 1.807) is 14.2 Å². The molecule has 7 heteroatoms. The van der Waals surface area contributed by atoms with Crippen LogP contribution in [-0.4, -0.2) is 64.5 Å². The monoisotopic (exact) mass is 477 g/mol. The minimum Gasteiger partial charge on any atom is -0.497 e. The van der Waals surface area contributed by atoms with E-state index < -0.39 is 0 Å². The van der Waals surface area contributed by atoms with Crippen LogP contribution in [0.2, 0.25) is 0 Å². The van der Waals surface area contributed by atoms with Crippen molar-refractivity contribution in [2.24, 2.45) is 4.99 Å². The highest BCUT2D eigenvalue weighted by atomic mass is 127. The number of aliphatic imine (C=N–C) groups is 1. The molecule has 0 radical (unpaired) electrons. The van der Waals surface area contributed by atoms with E-state index in [1.165, 1.54) is 5.56 Å². The molecule has 1 aromatic carbocycles. The number of nitrogens with one attached hydrogen (secondary N) is 1. The maximum Gasteiger partial charge on any atom is 0.193 e. The van der Waals surface area contributed by atoms with E-state index in [1.807, 2.05) is 19.2 Å². The van der Waals surface area contributed by atoms with Gasteiger partial charge in [0, 0.05) is 40.4 Å². The molecule has 2 rings (SSSR count). The molecule has 1 aromatic rings. The molecule has 0 bridgehead atoms. The quantitative estimate of drug-likeness (QED) is 0.257. The summed E-state index contributed by atoms with van der Waals surface area (Å²) in [5.74, 6) is 1.76. The number of hydrogen-bond acceptors (Lipinski definition) is 4. The Morgan fingerprint density at radius 1 is 1.35 bits per heavy atom. The summed E-state index contributed by atoms with van der Waals surface area (Å²) in [6.45, 7) is 3.97. The Bertz CT molecular complexity index is 519. The van der Waals surface area contributed by atoms with Gasteiger partial charge in [0.1, 0.15) is 5.75 Å². The molecule has 0 amide bonds. The van der Waals surface area contributed by atoms with Crippen molar-refractivity contribution in [1.29, 1.82) is 0 Å². The lowest BCUT2D eigenvalue weighted by molar-refractivity contribution is 0.0168. The lowest BCUT2D eigenvalue weighted by Crippen LogP contribution is -2.39. The van der Waals surface area contributed by atoms with Crippen molar-refractivity contribution in [2.45, 2.75) is 31.9 Å². The Hall–Kier alpha value is -1.06. The largest absolute Gasteiger partial charge is 0.497 e. The van der Waals surface area contributed by atoms with Gasteiger partial charge in [0.2, 0.25) is 0 Å². The van der Waals surface area contributed by atoms with Gasteiger partial charge >= 0.3 is 0 Å². The molecular weight excluding hydrogens is 445 g/mol. The predicted octanol–water partition coefficient (Wildman–Crippen LogP) is 2.91. The molecule has 1 fully saturated rings. The van der Waals surface area contributed by atoms with E-state index in [0.29, 0.717) is 12.7 Å². The van der Waals surface area contributed by atoms with Crippen LogP contribution < -0.4 is 10.1 Å². The first-order chi connectivity index (χ1) is 12.2. The predicted molar refractivity (Wildman–Crippen MR) is 116 cm³/mol. The third-order valence-electron chi connectivity index (χ3n) is 4.23. The molecule has 0 aromatic heterocycles. The summed E-state index contributed by atoms with van der Waals surface area (Å²) in [7, 11) is 5.52. The lowest BCUT2D eigenvalue weighted by Gasteiger charge is -2.22. The number of methoxy groups -OCH3 is 1. The molecule has 1 unspecified atom stereocenters. The fraction of sp³-hybridized carbons (Fsp3) is 0.632. The fourth-order valence-corrected chi connectivity index (χ4v) is 2.83. The van der Waals surface area contributed by atoms with Crippen molar-refractivity contribution in [3.63, 3.8) is 0 Å². The van der Waals surface area contributed by atoms with Crippen LogP contribution in [0.4, 0.5) is 0 Å². The minimum absolute atomic E-state index is 0. The van der Waals surface area contributed by atoms with E-state index in [4.69, 9.17) is 14.2 Å². The zero-order valence-corrected chi connectivity index (χ0v) is 18.4. The Balaban J connectivity index is 0.00000338. The SMILES string of the molecule is CN=C(NCCCOCC1CCCO1)N(C)Cc1ccc(OC)cc1.I. The smallest absolute Gasteiger partial charge is 0.193 e. The fourth-order valence-electron chi connectivity index (χ4n) is 2.83. The van der Waals surface area contributed by atoms with Crippen LogP contribution >= 0.6 is 24.0 Å². The summed E-state index contributed by atoms with van der Waals surface area (Å²) in [5.41, 5.74) is 1.21. The normalized spacial score (nSPS) is 16.9. The van der Waals surface area contributed by atoms with E-state index in [9.17, 15) is 0 Å². The molecule has 1 aliphatic rings. The maximum atomic E-state index is 5.68. The van der Waals surface area contributed by atoms with Crippen LogP contribution in [0.3, 0.4) is 0 Å². The highest BCUT2D eigenvalue weighted by Crippen LogP contribution is 2.13. The minimum atomic E-state index is 0. The van der Waals surface area contributed by atoms with Gasteiger partial charge in [-0.15, -0.1) is 24.0 Å². The summed E-state index contributed by atoms with van der Waals surface area (Å²) in [4.78, 5) is 6.45. The molecular formula is C19H32IN3O3. The Labute approximate surface area is 174 Å². The Kier molecular flexibility index (Phi) is 11.6. The van der Waals surface area contributed by atoms with Gasteiger partial charge in [0.25, 0.3) is 0 Å². The molecule has 0 saturated carbocycles. The van der Waals surface area contributed by atoms with Gasteiger partial charge in [0.05, 0.1) is 19.8 Å². The molecule has 26 heavy (non-hydrogen) atoms. The summed E-state index contributed by atoms with van der Waals surface area (Å²) in [6.07, 6.45) is 3.53. The zero-order chi connectivity index (χ0) is 17.9. The van der Waals surface area contributed by atoms with Crippen molar-refractivity contribution >= 4 is 29.9 Å². The number of hydrogen-bond donors (Lipinski definition) is 1. The van der Waals surface area contributed by atoms with Crippen molar-refractivity contribution in [2.75, 3.05) is 47.6 Å². The first-order valence-electron chi connectivity index (χ1n) is 8.97. The summed E-state index contributed by atoms with van der Waals surface area (Å²) >= 11 is 0. The van der Waals surface area contributed by atoms with Crippen LogP contribution in [-0.2, 0) is 16.0 Å². The second-order valence-electron chi connectivity index (χ2n) is 6.24. The number of benzene rings is 1. The highest BCUT2D eigenvalue weighted by molar-refractivity contribution is 14.0. The number of ether oxygens (including phenoxy) is 3. The van der Waals surface area contributed by atoms with E-state index >= 15 is 0 Å². The first kappa shape index (κ1) is 23.0. The highest BCUT2D eigenvalue weighted by Gasteiger charge is 2.15. The van der Waals surface area contributed by atoms with Crippen LogP contribution in [0.5, 0.6) is 5.75 Å². The molecule has 148 valence electrons. The average molecular weight is 477 g/mol. The third-order valence-corrected chi connectivity index (χ3v) is 4.23. The average Bonchev–Trinajstić information content (AvgIpc) is 3.15. The van der Waals surface area contributed by atoms with E-state index in [0.717, 1.165) is 57.3 Å². The van der Waals surface area contributed by atoms with Crippen molar-refractivity contribution < 1.29 is 14.2 Å². The van der Waals surface area contributed by atoms with Crippen LogP contribution in [0.25, 0.3) is 0 Å². The standard InChI is InChI=1S/C19H31N3O3.HI/c1-20-19(21-11-5-12-24-15-18-6-4-13-25-18)22(2)14-16-7-9-17(23-3)10-8-16;/h7-10,18H,4-6,11-15H2,1-3H3,(H,20,21);1H. The zero-order valence-electron chi connectivity index (χ0n) is 16.1. The third kappa shape index (κ3) is 8.09. The van der Waals surface area contributed by atoms with Crippen molar-refractivity contribution in [3.8, 4) is 5.75 Å². The number of nitrogens with zero attached hydrogens (tertiary/aromatic N) is 2. The molecule has 1 aliphatic heterocycles. The molecule has 6 nitrogen and oxygen atoms in total. The molecule has 1 saturated heterocycles. The van der Waals surface area contributed by atoms with Crippen LogP contribution in [0.15, 0.2) is 29.3 Å². The summed E-state index contributed by atoms with van der Waals surface area (Å²) < 4.78 is 16.4. The summed E-state index contributed by atoms with van der Waals surface area (Å²) in [6, 6.07) is 8.10. The van der Waals surface area contributed by atoms with E-state index in [2.05, 4.69) is 27.3 Å². The summed E-state index contributed by atoms with van der Waals surface area (Å²) in [5, 5.41) is 3.38. The lowest BCUT2D eigenvalue weighted by atomic mass is 10.2. The molecule has 1 heterocycles. The molecule has 1 N–H and O–H groups in total. The second kappa shape index (κ2) is 13.2. The first-order valence-corrected chi connectivity index (χ1v) is 8.97. The van der Waals surface area contributed by atoms with Crippen LogP contribution in [0.1, 0.15) is 24.8 Å². The van der Waals surface area contributed by atoms with Crippen LogP contribution in [0, 0.1) is 0 Å². The van der Waals surface area contributed by atoms with E-state index in [-0.39, 0.29) is 24.0 Å². The topological polar surface area (TPSA) is 55.3 Å². The van der Waals surface area contributed by atoms with Gasteiger partial charge in [0.15, 0.2) is 5.96 Å². The van der Waals surface area contributed by atoms with Gasteiger partial charge in [-0.25, -0.2) is 0 Å². The van der Waals surface area contributed by atoms with Gasteiger partial charge in [-0.05, 0) is 37.0 Å². The van der Waals surface area contributed by atoms with Gasteiger partial charge < -0.3 is 24.4 Å². The number of guanidine groups is 1. The Morgan fingerprint density at radius 3 is 2.73 bits per heavy atom. The Morgan fingerprint density at radius 2 is 2.12 bits per heavy atom. The molecule has 0 spiro atoms. The van der Waals surface area contributed by atoms with Gasteiger partial charge in [-0.2, -0.15) is 0 Å². The van der Waals surface area contributed by atoms with Crippen molar-refractivity contribution in [1.82, 2.24) is 10.2 Å². The maximum absolute atomic E-state index is 5.68. The van der Waals surface area contributed by atoms with Gasteiger partial charge in [-0.3, -0.25) is 4.99 Å². The van der Waals surface area contributed by atoms with Crippen molar-refractivity contribution in [3.05, 3.63) is 29.8 Å². The second-order valence-corrected chi connectivity index (χ2v) is 6.24. The number of halogens is 1. The molecule has 0 aliphatic carbocycles. The number of rotatable bonds is 9. The molecule has 1 atom stereocenters. The van der Waals surface area contributed by atoms with Gasteiger partial charge in [-0.1, -0.05) is 12.1 Å².